The number of hydrogen-bond acceptors (Lipinski definition) is 1. The van der Waals surface area contributed by atoms with Gasteiger partial charge in [0.15, 0.2) is 6.86 Å². The summed E-state index contributed by atoms with van der Waals surface area (Å²) in [6.45, 7) is 1.83. The molecule has 1 nitrogen and oxygen atoms in total. The first-order valence-electron chi connectivity index (χ1n) is 2.05. The topological polar surface area (TPSA) is 9.23 Å². The van der Waals surface area contributed by atoms with Gasteiger partial charge in [-0.25, -0.2) is 4.39 Å². The Kier molecular flexibility index (Phi) is 4.80. The van der Waals surface area contributed by atoms with Gasteiger partial charge in [-0.1, -0.05) is 6.92 Å². The van der Waals surface area contributed by atoms with E-state index in [1.165, 1.54) is 0 Å². The monoisotopic (exact) mass is 92.1 g/mol. The molecule has 0 aliphatic heterocycles. The first kappa shape index (κ1) is 5.89. The molecule has 0 unspecified atom stereocenters. The van der Waals surface area contributed by atoms with Crippen molar-refractivity contribution in [1.82, 2.24) is 0 Å². The fourth-order valence-corrected chi connectivity index (χ4v) is 0.199. The van der Waals surface area contributed by atoms with Crippen molar-refractivity contribution in [2.45, 2.75) is 13.3 Å². The third kappa shape index (κ3) is 3.89. The highest BCUT2D eigenvalue weighted by Gasteiger charge is 1.75. The lowest BCUT2D eigenvalue weighted by Gasteiger charge is -1.88. The summed E-state index contributed by atoms with van der Waals surface area (Å²) in [5, 5.41) is 0. The highest BCUT2D eigenvalue weighted by atomic mass is 19.1. The van der Waals surface area contributed by atoms with Crippen LogP contribution in [0.15, 0.2) is 0 Å². The van der Waals surface area contributed by atoms with Gasteiger partial charge in [-0.2, -0.15) is 0 Å². The average Bonchev–Trinajstić information content (AvgIpc) is 1.61. The Balaban J connectivity index is 2.34. The summed E-state index contributed by atoms with van der Waals surface area (Å²) in [6, 6.07) is 0. The van der Waals surface area contributed by atoms with E-state index >= 15 is 0 Å². The van der Waals surface area contributed by atoms with Crippen molar-refractivity contribution < 1.29 is 9.13 Å². The van der Waals surface area contributed by atoms with Gasteiger partial charge in [0.1, 0.15) is 0 Å². The molecule has 0 amide bonds. The fourth-order valence-electron chi connectivity index (χ4n) is 0.199. The number of halogens is 1. The number of hydrogen-bond donors (Lipinski definition) is 0. The Hall–Kier alpha value is -0.110. The zero-order chi connectivity index (χ0) is 4.83. The summed E-state index contributed by atoms with van der Waals surface area (Å²) in [7, 11) is 0. The first-order valence-corrected chi connectivity index (χ1v) is 2.05. The maximum absolute atomic E-state index is 11.0. The van der Waals surface area contributed by atoms with Crippen molar-refractivity contribution >= 4 is 0 Å². The predicted molar refractivity (Wildman–Crippen MR) is 22.2 cm³/mol. The highest BCUT2D eigenvalue weighted by Crippen LogP contribution is 1.77. The molecule has 0 fully saturated rings. The second-order valence-corrected chi connectivity index (χ2v) is 1.02. The van der Waals surface area contributed by atoms with E-state index in [0.717, 1.165) is 6.42 Å². The Morgan fingerprint density at radius 3 is 2.50 bits per heavy atom. The maximum Gasteiger partial charge on any atom is 0.188 e. The molecule has 0 aromatic carbocycles. The summed E-state index contributed by atoms with van der Waals surface area (Å²) in [4.78, 5) is 0. The Labute approximate surface area is 37.1 Å². The van der Waals surface area contributed by atoms with Crippen LogP contribution in [0.5, 0.6) is 0 Å². The van der Waals surface area contributed by atoms with Crippen LogP contribution in [0.4, 0.5) is 4.39 Å². The second kappa shape index (κ2) is 4.89. The van der Waals surface area contributed by atoms with Gasteiger partial charge in [-0.05, 0) is 6.42 Å². The average molecular weight is 92.1 g/mol. The van der Waals surface area contributed by atoms with Crippen LogP contribution in [0.3, 0.4) is 0 Å². The van der Waals surface area contributed by atoms with E-state index in [2.05, 4.69) is 4.74 Å². The summed E-state index contributed by atoms with van der Waals surface area (Å²) >= 11 is 0. The van der Waals surface area contributed by atoms with E-state index in [0.29, 0.717) is 6.61 Å². The third-order valence-corrected chi connectivity index (χ3v) is 0.426. The van der Waals surface area contributed by atoms with Crippen LogP contribution < -0.4 is 0 Å². The Morgan fingerprint density at radius 2 is 2.33 bits per heavy atom. The van der Waals surface area contributed by atoms with E-state index in [1.54, 1.807) is 0 Å². The minimum Gasteiger partial charge on any atom is -0.351 e. The lowest BCUT2D eigenvalue weighted by Crippen LogP contribution is -1.87. The van der Waals surface area contributed by atoms with Crippen molar-refractivity contribution in [1.29, 1.82) is 0 Å². The van der Waals surface area contributed by atoms with Gasteiger partial charge in [0.2, 0.25) is 0 Å². The van der Waals surface area contributed by atoms with Gasteiger partial charge in [0.05, 0.1) is 0 Å². The third-order valence-electron chi connectivity index (χ3n) is 0.426. The van der Waals surface area contributed by atoms with Crippen LogP contribution >= 0.6 is 0 Å². The molecule has 0 radical (unpaired) electrons. The molecule has 6 heavy (non-hydrogen) atoms. The van der Waals surface area contributed by atoms with Crippen molar-refractivity contribution in [3.05, 3.63) is 0 Å². The summed E-state index contributed by atoms with van der Waals surface area (Å²) in [5.74, 6) is 0. The first-order chi connectivity index (χ1) is 2.91. The largest absolute Gasteiger partial charge is 0.351 e. The molecule has 0 aliphatic carbocycles. The van der Waals surface area contributed by atoms with Gasteiger partial charge >= 0.3 is 0 Å². The normalized spacial score (nSPS) is 9.00. The van der Waals surface area contributed by atoms with Crippen LogP contribution in [0, 0.1) is 0 Å². The molecule has 0 aromatic rings. The van der Waals surface area contributed by atoms with Crippen LogP contribution in [-0.2, 0) is 4.74 Å². The lowest BCUT2D eigenvalue weighted by atomic mass is 10.5. The smallest absolute Gasteiger partial charge is 0.188 e. The van der Waals surface area contributed by atoms with Crippen LogP contribution in [-0.4, -0.2) is 13.5 Å². The molecule has 2 heteroatoms. The van der Waals surface area contributed by atoms with Crippen molar-refractivity contribution in [3.63, 3.8) is 0 Å². The molecule has 0 aromatic heterocycles. The van der Waals surface area contributed by atoms with Crippen LogP contribution in [0.2, 0.25) is 0 Å². The second-order valence-electron chi connectivity index (χ2n) is 1.02. The van der Waals surface area contributed by atoms with Crippen LogP contribution in [0.25, 0.3) is 0 Å². The number of rotatable bonds is 3. The molecular formula is C4H9FO. The summed E-state index contributed by atoms with van der Waals surface area (Å²) in [5.41, 5.74) is 0. The zero-order valence-electron chi connectivity index (χ0n) is 3.91. The Bertz CT molecular complexity index is 19.5. The lowest BCUT2D eigenvalue weighted by molar-refractivity contribution is 0.0585. The van der Waals surface area contributed by atoms with E-state index in [9.17, 15) is 4.39 Å². The van der Waals surface area contributed by atoms with Crippen molar-refractivity contribution in [3.8, 4) is 0 Å². The molecule has 38 valence electrons. The SMILES string of the molecule is CCCOCF. The maximum atomic E-state index is 11.0. The van der Waals surface area contributed by atoms with Crippen molar-refractivity contribution in [2.24, 2.45) is 0 Å². The van der Waals surface area contributed by atoms with E-state index in [-0.39, 0.29) is 0 Å². The molecule has 0 bridgehead atoms. The molecule has 0 saturated carbocycles. The zero-order valence-corrected chi connectivity index (χ0v) is 3.91. The standard InChI is InChI=1S/C4H9FO/c1-2-3-6-4-5/h2-4H2,1H3. The minimum absolute atomic E-state index is 0.538. The van der Waals surface area contributed by atoms with Gasteiger partial charge in [0.25, 0.3) is 0 Å². The van der Waals surface area contributed by atoms with Gasteiger partial charge in [-0.3, -0.25) is 0 Å². The van der Waals surface area contributed by atoms with Gasteiger partial charge in [-0.15, -0.1) is 0 Å². The Morgan fingerprint density at radius 1 is 1.67 bits per heavy atom. The quantitative estimate of drug-likeness (QED) is 0.477. The van der Waals surface area contributed by atoms with Gasteiger partial charge in [0, 0.05) is 6.61 Å². The van der Waals surface area contributed by atoms with E-state index in [1.807, 2.05) is 6.92 Å². The van der Waals surface area contributed by atoms with Crippen molar-refractivity contribution in [2.75, 3.05) is 13.5 Å². The molecule has 0 saturated heterocycles. The molecule has 0 rings (SSSR count). The molecule has 0 N–H and O–H groups in total. The van der Waals surface area contributed by atoms with E-state index < -0.39 is 6.86 Å². The molecule has 0 heterocycles. The molecule has 0 atom stereocenters. The fraction of sp³-hybridized carbons (Fsp3) is 1.00. The van der Waals surface area contributed by atoms with E-state index in [4.69, 9.17) is 0 Å². The number of ether oxygens (including phenoxy) is 1. The molecular weight excluding hydrogens is 83.0 g/mol. The molecule has 0 spiro atoms. The molecule has 0 aliphatic rings. The van der Waals surface area contributed by atoms with Crippen LogP contribution in [0.1, 0.15) is 13.3 Å². The highest BCUT2D eigenvalue weighted by molar-refractivity contribution is 4.16. The van der Waals surface area contributed by atoms with Gasteiger partial charge < -0.3 is 4.74 Å². The summed E-state index contributed by atoms with van der Waals surface area (Å²) < 4.78 is 15.3. The minimum atomic E-state index is -0.645. The number of alkyl halides is 1. The summed E-state index contributed by atoms with van der Waals surface area (Å²) in [6.07, 6.45) is 0.893. The predicted octanol–water partition coefficient (Wildman–Crippen LogP) is 1.34.